The number of rotatable bonds is 5. The molecule has 0 radical (unpaired) electrons. The Hall–Kier alpha value is -0.900. The van der Waals surface area contributed by atoms with Crippen LogP contribution in [-0.2, 0) is 0 Å². The van der Waals surface area contributed by atoms with Gasteiger partial charge in [-0.1, -0.05) is 56.2 Å². The molecule has 0 heterocycles. The number of hydrogen-bond donors (Lipinski definition) is 3. The smallest absolute Gasteiger partial charge is 0.0651 e. The highest BCUT2D eigenvalue weighted by Crippen LogP contribution is 2.59. The van der Waals surface area contributed by atoms with Crippen LogP contribution in [0.15, 0.2) is 35.5 Å². The van der Waals surface area contributed by atoms with Crippen LogP contribution in [-0.4, -0.2) is 33.1 Å². The van der Waals surface area contributed by atoms with Crippen molar-refractivity contribution >= 4 is 0 Å². The van der Waals surface area contributed by atoms with Gasteiger partial charge in [-0.2, -0.15) is 0 Å². The average Bonchev–Trinajstić information content (AvgIpc) is 3.00. The second-order valence-corrected chi connectivity index (χ2v) is 11.3. The van der Waals surface area contributed by atoms with Gasteiger partial charge in [0.05, 0.1) is 17.8 Å². The van der Waals surface area contributed by atoms with Gasteiger partial charge in [0, 0.05) is 5.92 Å². The molecule has 3 saturated carbocycles. The first-order valence-electron chi connectivity index (χ1n) is 12.2. The number of aliphatic hydroxyl groups excluding tert-OH is 2. The summed E-state index contributed by atoms with van der Waals surface area (Å²) in [5, 5.41) is 30.2. The molecule has 0 unspecified atom stereocenters. The molecule has 0 bridgehead atoms. The fourth-order valence-corrected chi connectivity index (χ4v) is 6.39. The van der Waals surface area contributed by atoms with Crippen LogP contribution >= 0.6 is 0 Å². The molecule has 0 spiro atoms. The molecule has 0 aromatic carbocycles. The topological polar surface area (TPSA) is 60.7 Å². The molecular formula is C27H44O3. The average molecular weight is 417 g/mol. The summed E-state index contributed by atoms with van der Waals surface area (Å²) in [4.78, 5) is 0. The molecule has 170 valence electrons. The largest absolute Gasteiger partial charge is 0.393 e. The molecule has 7 atom stereocenters. The van der Waals surface area contributed by atoms with Crippen LogP contribution in [0.1, 0.15) is 86.0 Å². The third kappa shape index (κ3) is 5.29. The highest BCUT2D eigenvalue weighted by Gasteiger charge is 2.50. The van der Waals surface area contributed by atoms with E-state index in [1.807, 2.05) is 13.8 Å². The first-order chi connectivity index (χ1) is 14.0. The van der Waals surface area contributed by atoms with Crippen LogP contribution < -0.4 is 0 Å². The Balaban J connectivity index is 1.73. The van der Waals surface area contributed by atoms with Gasteiger partial charge in [-0.3, -0.25) is 0 Å². The van der Waals surface area contributed by atoms with Crippen molar-refractivity contribution in [2.24, 2.45) is 29.1 Å². The minimum Gasteiger partial charge on any atom is -0.393 e. The highest BCUT2D eigenvalue weighted by atomic mass is 16.3. The standard InChI is InChI=1S/C27H44O3/c1-18(8-9-19(2)26(3,4)30)24-12-13-25-21(7-6-14-27(24,25)5)11-10-20-15-22(28)17-23(29)16-20/h8-11,18-19,22-25,28-30H,6-7,12-17H2,1-5H3/b9-8+,21-11+/t18-,19-,22-,23-,24-,25+,27-/m1/s1. The Bertz CT molecular complexity index is 671. The Labute approximate surface area is 184 Å². The maximum absolute atomic E-state index is 10.2. The van der Waals surface area contributed by atoms with E-state index >= 15 is 0 Å². The molecule has 3 aliphatic carbocycles. The van der Waals surface area contributed by atoms with Crippen molar-refractivity contribution in [1.82, 2.24) is 0 Å². The summed E-state index contributed by atoms with van der Waals surface area (Å²) in [6.45, 7) is 10.7. The zero-order valence-corrected chi connectivity index (χ0v) is 19.8. The fraction of sp³-hybridized carbons (Fsp3) is 0.778. The summed E-state index contributed by atoms with van der Waals surface area (Å²) in [6.07, 6.45) is 16.5. The first kappa shape index (κ1) is 23.8. The van der Waals surface area contributed by atoms with E-state index in [2.05, 4.69) is 45.1 Å². The molecule has 0 aliphatic heterocycles. The van der Waals surface area contributed by atoms with Gasteiger partial charge in [0.1, 0.15) is 0 Å². The molecular weight excluding hydrogens is 372 g/mol. The van der Waals surface area contributed by atoms with Crippen molar-refractivity contribution in [1.29, 1.82) is 0 Å². The van der Waals surface area contributed by atoms with E-state index in [0.717, 1.165) is 0 Å². The number of fused-ring (bicyclic) bond motifs is 1. The molecule has 3 aliphatic rings. The van der Waals surface area contributed by atoms with Crippen molar-refractivity contribution in [2.45, 2.75) is 104 Å². The predicted molar refractivity (Wildman–Crippen MR) is 124 cm³/mol. The molecule has 0 aromatic rings. The lowest BCUT2D eigenvalue weighted by molar-refractivity contribution is 0.0436. The van der Waals surface area contributed by atoms with E-state index in [9.17, 15) is 15.3 Å². The van der Waals surface area contributed by atoms with Crippen molar-refractivity contribution < 1.29 is 15.3 Å². The van der Waals surface area contributed by atoms with Crippen LogP contribution in [0.2, 0.25) is 0 Å². The summed E-state index contributed by atoms with van der Waals surface area (Å²) in [5.41, 5.74) is 2.43. The van der Waals surface area contributed by atoms with E-state index in [0.29, 0.717) is 42.4 Å². The Kier molecular flexibility index (Phi) is 7.37. The summed E-state index contributed by atoms with van der Waals surface area (Å²) >= 11 is 0. The van der Waals surface area contributed by atoms with Crippen LogP contribution in [0.5, 0.6) is 0 Å². The number of hydrogen-bond acceptors (Lipinski definition) is 3. The van der Waals surface area contributed by atoms with Gasteiger partial charge < -0.3 is 15.3 Å². The molecule has 3 fully saturated rings. The predicted octanol–water partition coefficient (Wildman–Crippen LogP) is 5.56. The summed E-state index contributed by atoms with van der Waals surface area (Å²) < 4.78 is 0. The minimum absolute atomic E-state index is 0.152. The monoisotopic (exact) mass is 416 g/mol. The van der Waals surface area contributed by atoms with Crippen molar-refractivity contribution in [2.75, 3.05) is 0 Å². The lowest BCUT2D eigenvalue weighted by Gasteiger charge is -2.44. The van der Waals surface area contributed by atoms with Gasteiger partial charge in [0.2, 0.25) is 0 Å². The highest BCUT2D eigenvalue weighted by molar-refractivity contribution is 5.26. The SMILES string of the molecule is C[C@H](/C=C/[C@@H](C)C(C)(C)O)[C@H]1CC[C@H]2/C(=C/C=C3C[C@@H](O)C[C@H](O)C3)CCC[C@]12C. The Morgan fingerprint density at radius 1 is 1.03 bits per heavy atom. The van der Waals surface area contributed by atoms with Gasteiger partial charge in [0.15, 0.2) is 0 Å². The van der Waals surface area contributed by atoms with Crippen molar-refractivity contribution in [3.8, 4) is 0 Å². The van der Waals surface area contributed by atoms with Gasteiger partial charge in [0.25, 0.3) is 0 Å². The molecule has 3 rings (SSSR count). The maximum atomic E-state index is 10.2. The normalized spacial score (nSPS) is 38.7. The van der Waals surface area contributed by atoms with Gasteiger partial charge in [-0.15, -0.1) is 0 Å². The third-order valence-corrected chi connectivity index (χ3v) is 8.56. The molecule has 3 N–H and O–H groups in total. The van der Waals surface area contributed by atoms with Crippen molar-refractivity contribution in [3.63, 3.8) is 0 Å². The quantitative estimate of drug-likeness (QED) is 0.514. The Morgan fingerprint density at radius 3 is 2.33 bits per heavy atom. The van der Waals surface area contributed by atoms with Gasteiger partial charge in [-0.05, 0) is 88.4 Å². The van der Waals surface area contributed by atoms with E-state index in [1.165, 1.54) is 37.7 Å². The van der Waals surface area contributed by atoms with Crippen LogP contribution in [0.3, 0.4) is 0 Å². The van der Waals surface area contributed by atoms with E-state index in [1.54, 1.807) is 5.57 Å². The lowest BCUT2D eigenvalue weighted by Crippen LogP contribution is -2.35. The van der Waals surface area contributed by atoms with Gasteiger partial charge >= 0.3 is 0 Å². The zero-order chi connectivity index (χ0) is 22.1. The Morgan fingerprint density at radius 2 is 1.70 bits per heavy atom. The summed E-state index contributed by atoms with van der Waals surface area (Å²) in [6, 6.07) is 0. The second-order valence-electron chi connectivity index (χ2n) is 11.3. The van der Waals surface area contributed by atoms with E-state index in [-0.39, 0.29) is 5.92 Å². The van der Waals surface area contributed by atoms with E-state index < -0.39 is 17.8 Å². The first-order valence-corrected chi connectivity index (χ1v) is 12.2. The molecule has 3 nitrogen and oxygen atoms in total. The zero-order valence-electron chi connectivity index (χ0n) is 19.8. The maximum Gasteiger partial charge on any atom is 0.0651 e. The summed E-state index contributed by atoms with van der Waals surface area (Å²) in [5.74, 6) is 2.00. The molecule has 30 heavy (non-hydrogen) atoms. The van der Waals surface area contributed by atoms with E-state index in [4.69, 9.17) is 0 Å². The third-order valence-electron chi connectivity index (χ3n) is 8.56. The minimum atomic E-state index is -0.674. The molecule has 0 amide bonds. The fourth-order valence-electron chi connectivity index (χ4n) is 6.39. The summed E-state index contributed by atoms with van der Waals surface area (Å²) in [7, 11) is 0. The molecule has 3 heteroatoms. The van der Waals surface area contributed by atoms with Gasteiger partial charge in [-0.25, -0.2) is 0 Å². The number of aliphatic hydroxyl groups is 3. The van der Waals surface area contributed by atoms with Crippen molar-refractivity contribution in [3.05, 3.63) is 35.5 Å². The lowest BCUT2D eigenvalue weighted by atomic mass is 9.61. The number of allylic oxidation sites excluding steroid dienone is 4. The van der Waals surface area contributed by atoms with Crippen LogP contribution in [0.4, 0.5) is 0 Å². The van der Waals surface area contributed by atoms with Crippen LogP contribution in [0.25, 0.3) is 0 Å². The van der Waals surface area contributed by atoms with Crippen LogP contribution in [0, 0.1) is 29.1 Å². The molecule has 0 aromatic heterocycles. The molecule has 0 saturated heterocycles. The second kappa shape index (κ2) is 9.30.